The third kappa shape index (κ3) is 9.22. The molecule has 4 heterocycles. The van der Waals surface area contributed by atoms with Crippen molar-refractivity contribution in [3.63, 3.8) is 0 Å². The van der Waals surface area contributed by atoms with E-state index < -0.39 is 10.1 Å². The number of urea groups is 1. The van der Waals surface area contributed by atoms with Crippen molar-refractivity contribution in [2.45, 2.75) is 70.4 Å². The minimum absolute atomic E-state index is 0.136. The summed E-state index contributed by atoms with van der Waals surface area (Å²) in [5.74, 6) is 2.20. The lowest BCUT2D eigenvalue weighted by Crippen LogP contribution is -2.39. The number of nitrogens with one attached hydrogen (secondary N) is 2. The number of hydrogen-bond donors (Lipinski definition) is 2. The molecule has 0 unspecified atom stereocenters. The minimum atomic E-state index is -3.45. The normalized spacial score (nSPS) is 21.4. The van der Waals surface area contributed by atoms with Crippen LogP contribution in [0.15, 0.2) is 60.9 Å². The van der Waals surface area contributed by atoms with Gasteiger partial charge in [-0.05, 0) is 49.3 Å². The largest absolute Gasteiger partial charge is 0.489 e. The lowest BCUT2D eigenvalue weighted by Gasteiger charge is -2.31. The van der Waals surface area contributed by atoms with Gasteiger partial charge in [0.15, 0.2) is 5.65 Å². The van der Waals surface area contributed by atoms with E-state index in [9.17, 15) is 13.2 Å². The highest BCUT2D eigenvalue weighted by Crippen LogP contribution is 2.27. The average molecular weight is 667 g/mol. The van der Waals surface area contributed by atoms with Crippen molar-refractivity contribution >= 4 is 33.6 Å². The van der Waals surface area contributed by atoms with Crippen molar-refractivity contribution in [1.82, 2.24) is 29.7 Å². The number of rotatable bonds is 8. The number of piperidine rings is 1. The highest BCUT2D eigenvalue weighted by atomic mass is 32.2. The van der Waals surface area contributed by atoms with Crippen molar-refractivity contribution in [1.29, 1.82) is 0 Å². The van der Waals surface area contributed by atoms with Gasteiger partial charge in [0.2, 0.25) is 5.95 Å². The van der Waals surface area contributed by atoms with E-state index >= 15 is 0 Å². The van der Waals surface area contributed by atoms with Gasteiger partial charge in [-0.3, -0.25) is 18.6 Å². The molecular formula is C33H46N8O5S. The molecule has 3 aromatic rings. The molecule has 1 aliphatic heterocycles. The molecule has 0 radical (unpaired) electrons. The standard InChI is InChI=1S/C33H46N8O5S/c1-23-10-8-7-9-11-25(12-14-27(23)34-31(42)35-30-20-28(33(2,3)4)38-39(30)5)46-26-13-15-29-36-37-32(41(29)21-26)40-18-16-24(17-19-40)22-45-47(6,43)44/h7-10,13,15,20-21,24-25,27H,1,11-12,14,16-19,22H2,2-6H3,(H2,34,35,42)/b9-7-,10-8-/t25-,27-/m0/s1. The second-order valence-corrected chi connectivity index (χ2v) is 15.0. The van der Waals surface area contributed by atoms with E-state index in [1.807, 2.05) is 54.1 Å². The average Bonchev–Trinajstić information content (AvgIpc) is 3.60. The summed E-state index contributed by atoms with van der Waals surface area (Å²) in [6.45, 7) is 12.1. The van der Waals surface area contributed by atoms with Gasteiger partial charge in [-0.25, -0.2) is 4.79 Å². The third-order valence-corrected chi connectivity index (χ3v) is 9.02. The van der Waals surface area contributed by atoms with E-state index in [0.29, 0.717) is 36.5 Å². The molecule has 5 rings (SSSR count). The Balaban J connectivity index is 1.22. The quantitative estimate of drug-likeness (QED) is 0.326. The van der Waals surface area contributed by atoms with Crippen molar-refractivity contribution < 1.29 is 22.1 Å². The van der Waals surface area contributed by atoms with E-state index in [1.165, 1.54) is 0 Å². The maximum Gasteiger partial charge on any atom is 0.320 e. The number of fused-ring (bicyclic) bond motifs is 1. The molecule has 0 spiro atoms. The molecule has 1 fully saturated rings. The Morgan fingerprint density at radius 1 is 1.11 bits per heavy atom. The summed E-state index contributed by atoms with van der Waals surface area (Å²) < 4.78 is 37.9. The van der Waals surface area contributed by atoms with Crippen LogP contribution in [0, 0.1) is 5.92 Å². The van der Waals surface area contributed by atoms with Crippen LogP contribution < -0.4 is 20.3 Å². The SMILES string of the molecule is C=C1/C=C\C=C/C[C@H](Oc2ccc3nnc(N4CCC(COS(C)(=O)=O)CC4)n3c2)CC[C@@H]1NC(=O)Nc1cc(C(C)(C)C)nn1C. The van der Waals surface area contributed by atoms with E-state index in [2.05, 4.69) is 64.3 Å². The number of aryl methyl sites for hydroxylation is 1. The van der Waals surface area contributed by atoms with Crippen LogP contribution in [0.3, 0.4) is 0 Å². The molecule has 47 heavy (non-hydrogen) atoms. The summed E-state index contributed by atoms with van der Waals surface area (Å²) in [5.41, 5.74) is 2.27. The van der Waals surface area contributed by atoms with Gasteiger partial charge < -0.3 is 15.0 Å². The number of carbonyl (C=O) groups excluding carboxylic acids is 1. The van der Waals surface area contributed by atoms with Gasteiger partial charge >= 0.3 is 6.03 Å². The van der Waals surface area contributed by atoms with E-state index in [-0.39, 0.29) is 36.1 Å². The van der Waals surface area contributed by atoms with Crippen LogP contribution in [0.1, 0.15) is 58.6 Å². The van der Waals surface area contributed by atoms with Crippen LogP contribution in [0.25, 0.3) is 5.65 Å². The Labute approximate surface area is 276 Å². The first kappa shape index (κ1) is 34.2. The number of anilines is 2. The second kappa shape index (κ2) is 14.3. The van der Waals surface area contributed by atoms with Crippen molar-refractivity contribution in [2.75, 3.05) is 36.2 Å². The van der Waals surface area contributed by atoms with Crippen LogP contribution in [-0.4, -0.2) is 76.9 Å². The number of carbonyl (C=O) groups is 1. The van der Waals surface area contributed by atoms with Gasteiger partial charge in [-0.15, -0.1) is 10.2 Å². The predicted octanol–water partition coefficient (Wildman–Crippen LogP) is 4.74. The Bertz CT molecular complexity index is 1750. The smallest absolute Gasteiger partial charge is 0.320 e. The van der Waals surface area contributed by atoms with E-state index in [0.717, 1.165) is 49.4 Å². The number of pyridine rings is 1. The first-order chi connectivity index (χ1) is 22.2. The van der Waals surface area contributed by atoms with Gasteiger partial charge in [-0.2, -0.15) is 13.5 Å². The zero-order valence-electron chi connectivity index (χ0n) is 27.8. The molecule has 3 aromatic heterocycles. The first-order valence-electron chi connectivity index (χ1n) is 16.0. The molecule has 2 amide bonds. The molecule has 2 atom stereocenters. The molecule has 0 bridgehead atoms. The van der Waals surface area contributed by atoms with Crippen LogP contribution in [0.4, 0.5) is 16.6 Å². The molecule has 13 nitrogen and oxygen atoms in total. The topological polar surface area (TPSA) is 145 Å². The van der Waals surface area contributed by atoms with Crippen molar-refractivity contribution in [3.8, 4) is 5.75 Å². The molecule has 2 aliphatic rings. The highest BCUT2D eigenvalue weighted by molar-refractivity contribution is 7.85. The summed E-state index contributed by atoms with van der Waals surface area (Å²) in [6, 6.07) is 5.06. The van der Waals surface area contributed by atoms with Gasteiger partial charge in [0.05, 0.1) is 30.8 Å². The third-order valence-electron chi connectivity index (χ3n) is 8.45. The lowest BCUT2D eigenvalue weighted by atomic mass is 9.92. The zero-order chi connectivity index (χ0) is 33.8. The van der Waals surface area contributed by atoms with Gasteiger partial charge in [0.25, 0.3) is 10.1 Å². The van der Waals surface area contributed by atoms with Gasteiger partial charge in [-0.1, -0.05) is 51.7 Å². The van der Waals surface area contributed by atoms with Crippen LogP contribution in [-0.2, 0) is 26.8 Å². The number of hydrogen-bond acceptors (Lipinski definition) is 9. The van der Waals surface area contributed by atoms with Gasteiger partial charge in [0, 0.05) is 38.0 Å². The Morgan fingerprint density at radius 2 is 1.87 bits per heavy atom. The van der Waals surface area contributed by atoms with E-state index in [1.54, 1.807) is 4.68 Å². The summed E-state index contributed by atoms with van der Waals surface area (Å²) in [6.07, 6.45) is 14.3. The number of nitrogens with zero attached hydrogens (tertiary/aromatic N) is 6. The number of aromatic nitrogens is 5. The predicted molar refractivity (Wildman–Crippen MR) is 182 cm³/mol. The van der Waals surface area contributed by atoms with Crippen LogP contribution in [0.5, 0.6) is 5.75 Å². The maximum atomic E-state index is 13.1. The highest BCUT2D eigenvalue weighted by Gasteiger charge is 2.25. The molecule has 254 valence electrons. The maximum absolute atomic E-state index is 13.1. The molecular weight excluding hydrogens is 620 g/mol. The fraction of sp³-hybridized carbons (Fsp3) is 0.515. The fourth-order valence-electron chi connectivity index (χ4n) is 5.65. The second-order valence-electron chi connectivity index (χ2n) is 13.4. The molecule has 14 heteroatoms. The zero-order valence-corrected chi connectivity index (χ0v) is 28.7. The van der Waals surface area contributed by atoms with Crippen LogP contribution in [0.2, 0.25) is 0 Å². The van der Waals surface area contributed by atoms with Crippen LogP contribution >= 0.6 is 0 Å². The molecule has 0 saturated carbocycles. The number of amides is 2. The van der Waals surface area contributed by atoms with Crippen molar-refractivity contribution in [2.24, 2.45) is 13.0 Å². The summed E-state index contributed by atoms with van der Waals surface area (Å²) in [5, 5.41) is 19.4. The van der Waals surface area contributed by atoms with E-state index in [4.69, 9.17) is 8.92 Å². The first-order valence-corrected chi connectivity index (χ1v) is 17.8. The molecule has 2 N–H and O–H groups in total. The van der Waals surface area contributed by atoms with Gasteiger partial charge in [0.1, 0.15) is 17.7 Å². The molecule has 0 aromatic carbocycles. The minimum Gasteiger partial charge on any atom is -0.489 e. The monoisotopic (exact) mass is 666 g/mol. The Kier molecular flexibility index (Phi) is 10.4. The number of ether oxygens (including phenoxy) is 1. The lowest BCUT2D eigenvalue weighted by molar-refractivity contribution is 0.186. The fourth-order valence-corrected chi connectivity index (χ4v) is 6.09. The summed E-state index contributed by atoms with van der Waals surface area (Å²) in [7, 11) is -1.64. The Hall–Kier alpha value is -4.17. The van der Waals surface area contributed by atoms with Crippen molar-refractivity contribution in [3.05, 3.63) is 66.5 Å². The molecule has 1 aliphatic carbocycles. The molecule has 1 saturated heterocycles. The Morgan fingerprint density at radius 3 is 2.57 bits per heavy atom. The summed E-state index contributed by atoms with van der Waals surface area (Å²) >= 11 is 0. The number of allylic oxidation sites excluding steroid dienone is 2. The summed E-state index contributed by atoms with van der Waals surface area (Å²) in [4.78, 5) is 15.2.